The topological polar surface area (TPSA) is 67.4 Å². The van der Waals surface area contributed by atoms with E-state index in [9.17, 15) is 8.42 Å². The van der Waals surface area contributed by atoms with Crippen molar-refractivity contribution >= 4 is 10.0 Å². The summed E-state index contributed by atoms with van der Waals surface area (Å²) in [7, 11) is -3.08. The van der Waals surface area contributed by atoms with Gasteiger partial charge in [-0.2, -0.15) is 0 Å². The molecule has 1 saturated heterocycles. The lowest BCUT2D eigenvalue weighted by molar-refractivity contribution is 0.184. The summed E-state index contributed by atoms with van der Waals surface area (Å²) in [4.78, 5) is 0. The minimum absolute atomic E-state index is 0.238. The standard InChI is InChI=1S/C13H28N2O3S/c1-2-7-14-8-3-4-11-19(16,17)15-9-5-13-6-10-18-12-13/h13-15H,2-12H2,1H3. The molecule has 0 spiro atoms. The predicted molar refractivity (Wildman–Crippen MR) is 77.7 cm³/mol. The molecule has 1 rings (SSSR count). The Balaban J connectivity index is 2.00. The van der Waals surface area contributed by atoms with Gasteiger partial charge in [-0.05, 0) is 51.1 Å². The lowest BCUT2D eigenvalue weighted by Gasteiger charge is -2.09. The van der Waals surface area contributed by atoms with E-state index in [1.54, 1.807) is 0 Å². The minimum atomic E-state index is -3.08. The van der Waals surface area contributed by atoms with Crippen molar-refractivity contribution in [3.05, 3.63) is 0 Å². The zero-order valence-corrected chi connectivity index (χ0v) is 12.8. The number of hydrogen-bond acceptors (Lipinski definition) is 4. The normalized spacial score (nSPS) is 19.9. The summed E-state index contributed by atoms with van der Waals surface area (Å²) in [5, 5.41) is 3.27. The van der Waals surface area contributed by atoms with Crippen molar-refractivity contribution < 1.29 is 13.2 Å². The molecule has 2 N–H and O–H groups in total. The van der Waals surface area contributed by atoms with Gasteiger partial charge in [0.1, 0.15) is 0 Å². The van der Waals surface area contributed by atoms with Crippen LogP contribution >= 0.6 is 0 Å². The van der Waals surface area contributed by atoms with Crippen molar-refractivity contribution in [3.63, 3.8) is 0 Å². The third-order valence-corrected chi connectivity index (χ3v) is 4.81. The SMILES string of the molecule is CCCNCCCCS(=O)(=O)NCCC1CCOC1. The van der Waals surface area contributed by atoms with E-state index in [-0.39, 0.29) is 5.75 Å². The lowest BCUT2D eigenvalue weighted by atomic mass is 10.1. The summed E-state index contributed by atoms with van der Waals surface area (Å²) in [6, 6.07) is 0. The van der Waals surface area contributed by atoms with Crippen molar-refractivity contribution in [2.75, 3.05) is 38.6 Å². The summed E-state index contributed by atoms with van der Waals surface area (Å²) < 4.78 is 31.4. The van der Waals surface area contributed by atoms with Crippen LogP contribution in [0.3, 0.4) is 0 Å². The molecule has 5 nitrogen and oxygen atoms in total. The number of unbranched alkanes of at least 4 members (excludes halogenated alkanes) is 1. The van der Waals surface area contributed by atoms with Gasteiger partial charge in [0.25, 0.3) is 0 Å². The summed E-state index contributed by atoms with van der Waals surface area (Å²) in [6.45, 7) is 6.19. The Hall–Kier alpha value is -0.170. The average Bonchev–Trinajstić information content (AvgIpc) is 2.86. The lowest BCUT2D eigenvalue weighted by Crippen LogP contribution is -2.29. The molecule has 1 atom stereocenters. The molecule has 0 bridgehead atoms. The number of rotatable bonds is 11. The van der Waals surface area contributed by atoms with Crippen LogP contribution in [-0.4, -0.2) is 47.0 Å². The molecule has 0 aromatic rings. The largest absolute Gasteiger partial charge is 0.381 e. The van der Waals surface area contributed by atoms with Gasteiger partial charge in [0.2, 0.25) is 10.0 Å². The zero-order chi connectivity index (χ0) is 14.0. The van der Waals surface area contributed by atoms with Crippen LogP contribution in [0.4, 0.5) is 0 Å². The van der Waals surface area contributed by atoms with E-state index in [2.05, 4.69) is 17.0 Å². The highest BCUT2D eigenvalue weighted by atomic mass is 32.2. The molecule has 1 fully saturated rings. The van der Waals surface area contributed by atoms with Gasteiger partial charge in [-0.15, -0.1) is 0 Å². The van der Waals surface area contributed by atoms with Crippen molar-refractivity contribution in [2.45, 2.75) is 39.0 Å². The average molecular weight is 292 g/mol. The van der Waals surface area contributed by atoms with E-state index in [1.165, 1.54) is 0 Å². The molecule has 0 aliphatic carbocycles. The maximum atomic E-state index is 11.7. The monoisotopic (exact) mass is 292 g/mol. The van der Waals surface area contributed by atoms with Gasteiger partial charge in [-0.3, -0.25) is 0 Å². The Morgan fingerprint density at radius 3 is 2.74 bits per heavy atom. The van der Waals surface area contributed by atoms with E-state index >= 15 is 0 Å². The van der Waals surface area contributed by atoms with Crippen LogP contribution in [0, 0.1) is 5.92 Å². The Kier molecular flexibility index (Phi) is 8.61. The van der Waals surface area contributed by atoms with E-state index in [0.717, 1.165) is 58.4 Å². The number of ether oxygens (including phenoxy) is 1. The molecule has 0 saturated carbocycles. The maximum absolute atomic E-state index is 11.7. The van der Waals surface area contributed by atoms with Crippen molar-refractivity contribution in [3.8, 4) is 0 Å². The molecule has 1 heterocycles. The molecule has 19 heavy (non-hydrogen) atoms. The van der Waals surface area contributed by atoms with Gasteiger partial charge in [0.05, 0.1) is 5.75 Å². The molecule has 0 aromatic heterocycles. The summed E-state index contributed by atoms with van der Waals surface area (Å²) in [6.07, 6.45) is 4.70. The highest BCUT2D eigenvalue weighted by Gasteiger charge is 2.16. The fourth-order valence-electron chi connectivity index (χ4n) is 2.15. The van der Waals surface area contributed by atoms with Gasteiger partial charge in [0.15, 0.2) is 0 Å². The first-order valence-electron chi connectivity index (χ1n) is 7.40. The minimum Gasteiger partial charge on any atom is -0.381 e. The van der Waals surface area contributed by atoms with E-state index < -0.39 is 10.0 Å². The van der Waals surface area contributed by atoms with Gasteiger partial charge in [-0.1, -0.05) is 6.92 Å². The van der Waals surface area contributed by atoms with Gasteiger partial charge < -0.3 is 10.1 Å². The quantitative estimate of drug-likeness (QED) is 0.560. The van der Waals surface area contributed by atoms with Crippen LogP contribution in [0.25, 0.3) is 0 Å². The molecule has 0 radical (unpaired) electrons. The first kappa shape index (κ1) is 16.9. The van der Waals surface area contributed by atoms with Crippen LogP contribution < -0.4 is 10.0 Å². The number of sulfonamides is 1. The zero-order valence-electron chi connectivity index (χ0n) is 12.0. The predicted octanol–water partition coefficient (Wildman–Crippen LogP) is 1.11. The van der Waals surface area contributed by atoms with E-state index in [1.807, 2.05) is 0 Å². The van der Waals surface area contributed by atoms with Crippen molar-refractivity contribution in [1.29, 1.82) is 0 Å². The highest BCUT2D eigenvalue weighted by Crippen LogP contribution is 2.15. The van der Waals surface area contributed by atoms with Crippen LogP contribution in [0.5, 0.6) is 0 Å². The van der Waals surface area contributed by atoms with Crippen LogP contribution in [-0.2, 0) is 14.8 Å². The van der Waals surface area contributed by atoms with E-state index in [0.29, 0.717) is 12.5 Å². The molecule has 6 heteroatoms. The molecule has 1 aliphatic heterocycles. The van der Waals surface area contributed by atoms with Crippen LogP contribution in [0.2, 0.25) is 0 Å². The molecule has 1 unspecified atom stereocenters. The van der Waals surface area contributed by atoms with Gasteiger partial charge in [0, 0.05) is 19.8 Å². The third-order valence-electron chi connectivity index (χ3n) is 3.34. The second-order valence-electron chi connectivity index (χ2n) is 5.19. The van der Waals surface area contributed by atoms with Gasteiger partial charge >= 0.3 is 0 Å². The summed E-state index contributed by atoms with van der Waals surface area (Å²) >= 11 is 0. The molecule has 0 amide bonds. The fraction of sp³-hybridized carbons (Fsp3) is 1.00. The molecule has 114 valence electrons. The Morgan fingerprint density at radius 2 is 2.05 bits per heavy atom. The Morgan fingerprint density at radius 1 is 1.21 bits per heavy atom. The molecular weight excluding hydrogens is 264 g/mol. The van der Waals surface area contributed by atoms with Gasteiger partial charge in [-0.25, -0.2) is 13.1 Å². The summed E-state index contributed by atoms with van der Waals surface area (Å²) in [5.74, 6) is 0.767. The molecular formula is C13H28N2O3S. The highest BCUT2D eigenvalue weighted by molar-refractivity contribution is 7.89. The number of nitrogens with one attached hydrogen (secondary N) is 2. The second kappa shape index (κ2) is 9.69. The maximum Gasteiger partial charge on any atom is 0.211 e. The smallest absolute Gasteiger partial charge is 0.211 e. The molecule has 1 aliphatic rings. The Labute approximate surface area is 117 Å². The second-order valence-corrected chi connectivity index (χ2v) is 7.12. The molecule has 0 aromatic carbocycles. The Bertz CT molecular complexity index is 314. The number of hydrogen-bond donors (Lipinski definition) is 2. The van der Waals surface area contributed by atoms with E-state index in [4.69, 9.17) is 4.74 Å². The van der Waals surface area contributed by atoms with Crippen molar-refractivity contribution in [1.82, 2.24) is 10.0 Å². The van der Waals surface area contributed by atoms with Crippen LogP contribution in [0.15, 0.2) is 0 Å². The van der Waals surface area contributed by atoms with Crippen LogP contribution in [0.1, 0.15) is 39.0 Å². The first-order chi connectivity index (χ1) is 9.14. The first-order valence-corrected chi connectivity index (χ1v) is 9.05. The third kappa shape index (κ3) is 8.57. The summed E-state index contributed by atoms with van der Waals surface area (Å²) in [5.41, 5.74) is 0. The van der Waals surface area contributed by atoms with Crippen molar-refractivity contribution in [2.24, 2.45) is 5.92 Å². The fourth-order valence-corrected chi connectivity index (χ4v) is 3.30.